The van der Waals surface area contributed by atoms with E-state index in [4.69, 9.17) is 5.11 Å². The molecule has 172 valence electrons. The maximum absolute atomic E-state index is 12.7. The molecule has 0 aromatic carbocycles. The summed E-state index contributed by atoms with van der Waals surface area (Å²) in [5.74, 6) is -0.815. The van der Waals surface area contributed by atoms with E-state index in [9.17, 15) is 19.8 Å². The molecule has 0 spiro atoms. The van der Waals surface area contributed by atoms with Gasteiger partial charge in [0, 0.05) is 25.2 Å². The van der Waals surface area contributed by atoms with E-state index >= 15 is 0 Å². The molecule has 0 aliphatic heterocycles. The molecule has 0 saturated carbocycles. The molecule has 0 amide bonds. The van der Waals surface area contributed by atoms with Crippen LogP contribution in [0.1, 0.15) is 104 Å². The Morgan fingerprint density at radius 1 is 1.00 bits per heavy atom. The van der Waals surface area contributed by atoms with Crippen molar-refractivity contribution in [1.29, 1.82) is 0 Å². The van der Waals surface area contributed by atoms with Crippen molar-refractivity contribution < 1.29 is 24.9 Å². The number of carboxylic acids is 1. The topological polar surface area (TPSA) is 94.8 Å². The quantitative estimate of drug-likeness (QED) is 0.217. The van der Waals surface area contributed by atoms with Crippen LogP contribution in [0.5, 0.6) is 0 Å². The van der Waals surface area contributed by atoms with Crippen LogP contribution in [0.2, 0.25) is 0 Å². The van der Waals surface area contributed by atoms with Crippen LogP contribution in [-0.2, 0) is 9.59 Å². The first-order valence-corrected chi connectivity index (χ1v) is 11.9. The van der Waals surface area contributed by atoms with E-state index in [-0.39, 0.29) is 18.1 Å². The number of unbranched alkanes of at least 4 members (excludes halogenated alkanes) is 6. The number of hydrogen-bond acceptors (Lipinski definition) is 4. The summed E-state index contributed by atoms with van der Waals surface area (Å²) in [6.07, 6.45) is 13.5. The largest absolute Gasteiger partial charge is 0.481 e. The van der Waals surface area contributed by atoms with E-state index in [0.717, 1.165) is 75.4 Å². The number of hydrogen-bond donors (Lipinski definition) is 3. The highest BCUT2D eigenvalue weighted by Crippen LogP contribution is 2.38. The minimum Gasteiger partial charge on any atom is -0.481 e. The van der Waals surface area contributed by atoms with Crippen LogP contribution < -0.4 is 0 Å². The number of rotatable bonds is 17. The lowest BCUT2D eigenvalue weighted by Gasteiger charge is -2.16. The molecule has 30 heavy (non-hydrogen) atoms. The molecule has 5 nitrogen and oxygen atoms in total. The third-order valence-electron chi connectivity index (χ3n) is 5.94. The standard InChI is InChI=1S/C25H42O5/c1-3-5-9-12-19(26)16-17-21-20(13-10-7-8-11-15-25(29)30)22(18-24(21)28)23(27)14-6-4-2/h16-17,19,21,24,26,28H,3-15,18H2,1-2H3,(H,29,30)/b17-16+/t19-,21+,24+/m0/s1. The van der Waals surface area contributed by atoms with E-state index < -0.39 is 18.2 Å². The second-order valence-electron chi connectivity index (χ2n) is 8.58. The predicted octanol–water partition coefficient (Wildman–Crippen LogP) is 5.35. The second-order valence-corrected chi connectivity index (χ2v) is 8.58. The Kier molecular flexibility index (Phi) is 13.6. The number of aliphatic carboxylic acids is 1. The Hall–Kier alpha value is -1.46. The lowest BCUT2D eigenvalue weighted by Crippen LogP contribution is -2.15. The summed E-state index contributed by atoms with van der Waals surface area (Å²) in [5.41, 5.74) is 1.82. The van der Waals surface area contributed by atoms with Gasteiger partial charge in [-0.1, -0.05) is 70.1 Å². The number of carboxylic acid groups (broad SMARTS) is 1. The molecule has 0 radical (unpaired) electrons. The van der Waals surface area contributed by atoms with Crippen LogP contribution in [0, 0.1) is 5.92 Å². The predicted molar refractivity (Wildman–Crippen MR) is 120 cm³/mol. The Bertz CT molecular complexity index is 578. The molecule has 3 atom stereocenters. The third-order valence-corrected chi connectivity index (χ3v) is 5.94. The summed E-state index contributed by atoms with van der Waals surface area (Å²) >= 11 is 0. The number of Topliss-reactive ketones (excluding diaryl/α,β-unsaturated/α-hetero) is 1. The van der Waals surface area contributed by atoms with Gasteiger partial charge in [0.2, 0.25) is 0 Å². The zero-order chi connectivity index (χ0) is 22.4. The summed E-state index contributed by atoms with van der Waals surface area (Å²) in [6.45, 7) is 4.20. The molecule has 1 aliphatic rings. The Balaban J connectivity index is 2.77. The molecule has 1 aliphatic carbocycles. The van der Waals surface area contributed by atoms with E-state index in [0.29, 0.717) is 19.3 Å². The van der Waals surface area contributed by atoms with Gasteiger partial charge in [-0.3, -0.25) is 9.59 Å². The molecule has 0 fully saturated rings. The van der Waals surface area contributed by atoms with E-state index in [1.807, 2.05) is 6.08 Å². The van der Waals surface area contributed by atoms with Crippen LogP contribution >= 0.6 is 0 Å². The maximum Gasteiger partial charge on any atom is 0.303 e. The van der Waals surface area contributed by atoms with Crippen molar-refractivity contribution in [2.24, 2.45) is 5.92 Å². The van der Waals surface area contributed by atoms with Crippen LogP contribution in [0.4, 0.5) is 0 Å². The summed E-state index contributed by atoms with van der Waals surface area (Å²) < 4.78 is 0. The fourth-order valence-electron chi connectivity index (χ4n) is 4.14. The van der Waals surface area contributed by atoms with Crippen LogP contribution in [0.25, 0.3) is 0 Å². The van der Waals surface area contributed by atoms with E-state index in [1.165, 1.54) is 0 Å². The molecule has 1 rings (SSSR count). The minimum absolute atomic E-state index is 0.149. The first-order valence-electron chi connectivity index (χ1n) is 11.9. The van der Waals surface area contributed by atoms with E-state index in [2.05, 4.69) is 13.8 Å². The first kappa shape index (κ1) is 26.6. The van der Waals surface area contributed by atoms with Gasteiger partial charge >= 0.3 is 5.97 Å². The molecule has 0 aromatic rings. The van der Waals surface area contributed by atoms with Gasteiger partial charge in [-0.15, -0.1) is 0 Å². The second kappa shape index (κ2) is 15.4. The fourth-order valence-corrected chi connectivity index (χ4v) is 4.14. The smallest absolute Gasteiger partial charge is 0.303 e. The van der Waals surface area contributed by atoms with Gasteiger partial charge in [0.1, 0.15) is 0 Å². The average Bonchev–Trinajstić information content (AvgIpc) is 3.02. The van der Waals surface area contributed by atoms with Crippen molar-refractivity contribution in [3.63, 3.8) is 0 Å². The zero-order valence-corrected chi connectivity index (χ0v) is 18.9. The summed E-state index contributed by atoms with van der Waals surface area (Å²) in [5, 5.41) is 29.6. The molecule has 0 saturated heterocycles. The molecule has 0 unspecified atom stereocenters. The van der Waals surface area contributed by atoms with Crippen molar-refractivity contribution in [3.8, 4) is 0 Å². The van der Waals surface area contributed by atoms with Crippen molar-refractivity contribution >= 4 is 11.8 Å². The van der Waals surface area contributed by atoms with Crippen molar-refractivity contribution in [2.75, 3.05) is 0 Å². The molecule has 0 aromatic heterocycles. The normalized spacial score (nSPS) is 20.3. The first-order chi connectivity index (χ1) is 14.4. The number of aliphatic hydroxyl groups excluding tert-OH is 2. The van der Waals surface area contributed by atoms with Crippen molar-refractivity contribution in [1.82, 2.24) is 0 Å². The molecular weight excluding hydrogens is 380 g/mol. The van der Waals surface area contributed by atoms with E-state index in [1.54, 1.807) is 6.08 Å². The Labute approximate surface area is 182 Å². The number of carbonyl (C=O) groups is 2. The Morgan fingerprint density at radius 3 is 2.37 bits per heavy atom. The highest BCUT2D eigenvalue weighted by Gasteiger charge is 2.34. The summed E-state index contributed by atoms with van der Waals surface area (Å²) in [6, 6.07) is 0. The van der Waals surface area contributed by atoms with Gasteiger partial charge in [-0.25, -0.2) is 0 Å². The highest BCUT2D eigenvalue weighted by molar-refractivity contribution is 5.96. The van der Waals surface area contributed by atoms with Crippen molar-refractivity contribution in [2.45, 2.75) is 116 Å². The molecular formula is C25H42O5. The van der Waals surface area contributed by atoms with Gasteiger partial charge in [0.25, 0.3) is 0 Å². The SMILES string of the molecule is CCCCC[C@H](O)/C=C/[C@@H]1C(CCCCCCC(=O)O)=C(C(=O)CCCC)C[C@H]1O. The molecule has 0 heterocycles. The van der Waals surface area contributed by atoms with Crippen LogP contribution in [0.15, 0.2) is 23.3 Å². The lowest BCUT2D eigenvalue weighted by molar-refractivity contribution is -0.137. The van der Waals surface area contributed by atoms with Crippen molar-refractivity contribution in [3.05, 3.63) is 23.3 Å². The minimum atomic E-state index is -0.761. The highest BCUT2D eigenvalue weighted by atomic mass is 16.4. The summed E-state index contributed by atoms with van der Waals surface area (Å²) in [7, 11) is 0. The van der Waals surface area contributed by atoms with Gasteiger partial charge in [0.15, 0.2) is 5.78 Å². The van der Waals surface area contributed by atoms with Crippen LogP contribution in [0.3, 0.4) is 0 Å². The number of ketones is 1. The fraction of sp³-hybridized carbons (Fsp3) is 0.760. The third kappa shape index (κ3) is 10.0. The monoisotopic (exact) mass is 422 g/mol. The zero-order valence-electron chi connectivity index (χ0n) is 18.9. The molecule has 3 N–H and O–H groups in total. The van der Waals surface area contributed by atoms with Gasteiger partial charge in [0.05, 0.1) is 12.2 Å². The molecule has 5 heteroatoms. The van der Waals surface area contributed by atoms with Gasteiger partial charge in [-0.2, -0.15) is 0 Å². The Morgan fingerprint density at radius 2 is 1.70 bits per heavy atom. The maximum atomic E-state index is 12.7. The van der Waals surface area contributed by atoms with Gasteiger partial charge < -0.3 is 15.3 Å². The number of aliphatic hydroxyl groups is 2. The lowest BCUT2D eigenvalue weighted by atomic mass is 9.91. The van der Waals surface area contributed by atoms with Crippen LogP contribution in [-0.4, -0.2) is 39.3 Å². The number of carbonyl (C=O) groups excluding carboxylic acids is 1. The molecule has 0 bridgehead atoms. The van der Waals surface area contributed by atoms with Gasteiger partial charge in [-0.05, 0) is 37.7 Å². The summed E-state index contributed by atoms with van der Waals surface area (Å²) in [4.78, 5) is 23.4. The average molecular weight is 423 g/mol.